The molecule has 2 aliphatic heterocycles. The topological polar surface area (TPSA) is 131 Å². The highest BCUT2D eigenvalue weighted by molar-refractivity contribution is 7.90. The number of anilines is 2. The lowest BCUT2D eigenvalue weighted by atomic mass is 9.94. The third kappa shape index (κ3) is 5.25. The average Bonchev–Trinajstić information content (AvgIpc) is 3.48. The van der Waals surface area contributed by atoms with E-state index in [1.807, 2.05) is 18.7 Å². The van der Waals surface area contributed by atoms with Crippen LogP contribution in [0.15, 0.2) is 47.6 Å². The Labute approximate surface area is 240 Å². The normalized spacial score (nSPS) is 22.4. The van der Waals surface area contributed by atoms with Gasteiger partial charge in [0, 0.05) is 30.9 Å². The van der Waals surface area contributed by atoms with Gasteiger partial charge in [-0.2, -0.15) is 21.6 Å². The first kappa shape index (κ1) is 28.2. The van der Waals surface area contributed by atoms with Crippen LogP contribution in [0.25, 0.3) is 5.82 Å². The average molecular weight is 606 g/mol. The second-order valence-electron chi connectivity index (χ2n) is 11.7. The molecule has 2 fully saturated rings. The summed E-state index contributed by atoms with van der Waals surface area (Å²) in [5, 5.41) is 7.13. The highest BCUT2D eigenvalue weighted by Crippen LogP contribution is 2.57. The Bertz CT molecular complexity index is 1640. The standard InChI is InChI=1S/C27H30F3N7O4S/c1-25(2)14-17-8-12-31-19-4-3-5-22(32-19)42(39,40)35-24(38)18-6-7-20(33-23(18)36(25)15-17)37-13-9-21(34-37)41-16-26(10-11-26)27(28,29)30/h3-7,9,13,17H,8,10-12,14-16H2,1-2H3,(H,31,32)(H,35,38)/t17-/m1/s1. The number of sulfonamides is 1. The first-order chi connectivity index (χ1) is 19.8. The van der Waals surface area contributed by atoms with Crippen LogP contribution in [0.3, 0.4) is 0 Å². The van der Waals surface area contributed by atoms with Crippen molar-refractivity contribution < 1.29 is 31.1 Å². The quantitative estimate of drug-likeness (QED) is 0.454. The fourth-order valence-electron chi connectivity index (χ4n) is 5.58. The van der Waals surface area contributed by atoms with E-state index in [9.17, 15) is 26.4 Å². The van der Waals surface area contributed by atoms with Gasteiger partial charge in [-0.3, -0.25) is 4.79 Å². The molecule has 0 radical (unpaired) electrons. The predicted molar refractivity (Wildman–Crippen MR) is 146 cm³/mol. The van der Waals surface area contributed by atoms with Crippen LogP contribution in [-0.4, -0.2) is 65.5 Å². The Hall–Kier alpha value is -3.88. The molecule has 1 atom stereocenters. The summed E-state index contributed by atoms with van der Waals surface area (Å²) in [6.07, 6.45) is -1.22. The lowest BCUT2D eigenvalue weighted by molar-refractivity contribution is -0.194. The van der Waals surface area contributed by atoms with E-state index in [4.69, 9.17) is 9.72 Å². The van der Waals surface area contributed by atoms with Crippen molar-refractivity contribution in [2.45, 2.75) is 56.3 Å². The smallest absolute Gasteiger partial charge is 0.397 e. The summed E-state index contributed by atoms with van der Waals surface area (Å²) in [5.74, 6) is 0.347. The van der Waals surface area contributed by atoms with Crippen molar-refractivity contribution in [3.63, 3.8) is 0 Å². The molecule has 0 unspecified atom stereocenters. The molecule has 4 bridgehead atoms. The number of nitrogens with one attached hydrogen (secondary N) is 2. The molecular formula is C27H30F3N7O4S. The molecule has 3 aliphatic rings. The van der Waals surface area contributed by atoms with Gasteiger partial charge in [-0.1, -0.05) is 6.07 Å². The zero-order valence-electron chi connectivity index (χ0n) is 23.0. The Morgan fingerprint density at radius 2 is 1.90 bits per heavy atom. The van der Waals surface area contributed by atoms with Crippen LogP contribution in [-0.2, 0) is 10.0 Å². The molecule has 2 N–H and O–H groups in total. The molecule has 0 spiro atoms. The van der Waals surface area contributed by atoms with Crippen LogP contribution < -0.4 is 19.7 Å². The number of hydrogen-bond acceptors (Lipinski definition) is 9. The van der Waals surface area contributed by atoms with E-state index in [-0.39, 0.29) is 46.9 Å². The number of ether oxygens (including phenoxy) is 1. The molecule has 3 aromatic heterocycles. The fourth-order valence-corrected chi connectivity index (χ4v) is 6.52. The Balaban J connectivity index is 1.34. The molecule has 1 saturated heterocycles. The summed E-state index contributed by atoms with van der Waals surface area (Å²) in [6, 6.07) is 8.94. The highest BCUT2D eigenvalue weighted by atomic mass is 32.2. The van der Waals surface area contributed by atoms with E-state index in [1.165, 1.54) is 35.1 Å². The van der Waals surface area contributed by atoms with Gasteiger partial charge in [0.05, 0.1) is 5.56 Å². The van der Waals surface area contributed by atoms with Gasteiger partial charge in [0.25, 0.3) is 15.9 Å². The maximum absolute atomic E-state index is 13.5. The SMILES string of the molecule is CC1(C)C[C@H]2CCNc3cccc(n3)S(=O)(=O)NC(=O)c3ccc(-n4ccc(OCC5(C(F)(F)F)CC5)n4)nc3N1C2. The van der Waals surface area contributed by atoms with Crippen molar-refractivity contribution >= 4 is 27.6 Å². The van der Waals surface area contributed by atoms with Crippen LogP contribution in [0.2, 0.25) is 0 Å². The maximum Gasteiger partial charge on any atom is 0.397 e. The fraction of sp³-hybridized carbons (Fsp3) is 0.481. The van der Waals surface area contributed by atoms with Gasteiger partial charge < -0.3 is 15.0 Å². The number of carbonyl (C=O) groups excluding carboxylic acids is 1. The van der Waals surface area contributed by atoms with E-state index >= 15 is 0 Å². The van der Waals surface area contributed by atoms with Crippen molar-refractivity contribution in [1.82, 2.24) is 24.5 Å². The summed E-state index contributed by atoms with van der Waals surface area (Å²) >= 11 is 0. The molecule has 5 heterocycles. The number of nitrogens with zero attached hydrogens (tertiary/aromatic N) is 5. The molecular weight excluding hydrogens is 575 g/mol. The van der Waals surface area contributed by atoms with Gasteiger partial charge in [0.2, 0.25) is 5.88 Å². The zero-order chi connectivity index (χ0) is 29.9. The molecule has 15 heteroatoms. The van der Waals surface area contributed by atoms with E-state index in [0.29, 0.717) is 18.9 Å². The lowest BCUT2D eigenvalue weighted by Crippen LogP contribution is -2.41. The third-order valence-corrected chi connectivity index (χ3v) is 9.39. The number of rotatable bonds is 4. The number of carbonyl (C=O) groups is 1. The summed E-state index contributed by atoms with van der Waals surface area (Å²) in [5.41, 5.74) is -2.20. The van der Waals surface area contributed by atoms with E-state index in [1.54, 1.807) is 12.1 Å². The molecule has 3 aromatic rings. The summed E-state index contributed by atoms with van der Waals surface area (Å²) in [6.45, 7) is 4.69. The Kier molecular flexibility index (Phi) is 6.62. The van der Waals surface area contributed by atoms with Gasteiger partial charge in [-0.25, -0.2) is 19.4 Å². The molecule has 0 aromatic carbocycles. The molecule has 6 rings (SSSR count). The number of hydrogen-bond donors (Lipinski definition) is 2. The number of aromatic nitrogens is 4. The second-order valence-corrected chi connectivity index (χ2v) is 13.3. The molecule has 1 aliphatic carbocycles. The van der Waals surface area contributed by atoms with Gasteiger partial charge >= 0.3 is 6.18 Å². The van der Waals surface area contributed by atoms with E-state index in [0.717, 1.165) is 12.8 Å². The van der Waals surface area contributed by atoms with Crippen molar-refractivity contribution in [3.05, 3.63) is 48.2 Å². The Morgan fingerprint density at radius 1 is 1.12 bits per heavy atom. The van der Waals surface area contributed by atoms with Crippen LogP contribution in [0.5, 0.6) is 5.88 Å². The van der Waals surface area contributed by atoms with Crippen molar-refractivity contribution in [2.24, 2.45) is 11.3 Å². The van der Waals surface area contributed by atoms with Crippen LogP contribution >= 0.6 is 0 Å². The van der Waals surface area contributed by atoms with Gasteiger partial charge in [-0.05, 0) is 69.7 Å². The third-order valence-electron chi connectivity index (χ3n) is 8.16. The van der Waals surface area contributed by atoms with Crippen LogP contribution in [0, 0.1) is 11.3 Å². The molecule has 1 amide bonds. The summed E-state index contributed by atoms with van der Waals surface area (Å²) in [4.78, 5) is 24.3. The summed E-state index contributed by atoms with van der Waals surface area (Å²) in [7, 11) is -4.30. The first-order valence-electron chi connectivity index (χ1n) is 13.6. The molecule has 42 heavy (non-hydrogen) atoms. The van der Waals surface area contributed by atoms with Crippen molar-refractivity contribution in [2.75, 3.05) is 29.9 Å². The molecule has 11 nitrogen and oxygen atoms in total. The van der Waals surface area contributed by atoms with Crippen molar-refractivity contribution in [3.8, 4) is 11.7 Å². The predicted octanol–water partition coefficient (Wildman–Crippen LogP) is 3.92. The van der Waals surface area contributed by atoms with E-state index in [2.05, 4.69) is 20.1 Å². The number of alkyl halides is 3. The second kappa shape index (κ2) is 9.85. The van der Waals surface area contributed by atoms with E-state index < -0.39 is 39.7 Å². The van der Waals surface area contributed by atoms with Gasteiger partial charge in [0.1, 0.15) is 23.7 Å². The monoisotopic (exact) mass is 605 g/mol. The van der Waals surface area contributed by atoms with Crippen molar-refractivity contribution in [1.29, 1.82) is 0 Å². The molecule has 1 saturated carbocycles. The maximum atomic E-state index is 13.5. The summed E-state index contributed by atoms with van der Waals surface area (Å²) < 4.78 is 74.9. The number of halogens is 3. The van der Waals surface area contributed by atoms with Crippen LogP contribution in [0.4, 0.5) is 24.8 Å². The lowest BCUT2D eigenvalue weighted by Gasteiger charge is -2.34. The van der Waals surface area contributed by atoms with Crippen LogP contribution in [0.1, 0.15) is 49.9 Å². The number of amides is 1. The first-order valence-corrected chi connectivity index (χ1v) is 15.1. The Morgan fingerprint density at radius 3 is 2.64 bits per heavy atom. The van der Waals surface area contributed by atoms with Gasteiger partial charge in [-0.15, -0.1) is 5.10 Å². The van der Waals surface area contributed by atoms with Gasteiger partial charge in [0.15, 0.2) is 10.8 Å². The largest absolute Gasteiger partial charge is 0.476 e. The minimum absolute atomic E-state index is 0.0139. The number of fused-ring (bicyclic) bond motifs is 6. The minimum Gasteiger partial charge on any atom is -0.476 e. The highest BCUT2D eigenvalue weighted by Gasteiger charge is 2.64. The zero-order valence-corrected chi connectivity index (χ0v) is 23.8. The number of pyridine rings is 2. The molecule has 224 valence electrons. The minimum atomic E-state index is -4.34.